The van der Waals surface area contributed by atoms with Gasteiger partial charge in [0.05, 0.1) is 11.6 Å². The Morgan fingerprint density at radius 1 is 1.43 bits per heavy atom. The van der Waals surface area contributed by atoms with E-state index in [1.165, 1.54) is 6.42 Å². The molecule has 4 heteroatoms. The molecular formula is C17H26N2O2. The minimum atomic E-state index is -0.668. The van der Waals surface area contributed by atoms with Gasteiger partial charge in [-0.1, -0.05) is 38.0 Å². The third-order valence-electron chi connectivity index (χ3n) is 4.24. The van der Waals surface area contributed by atoms with Crippen LogP contribution >= 0.6 is 0 Å². The van der Waals surface area contributed by atoms with Crippen molar-refractivity contribution in [3.05, 3.63) is 30.3 Å². The van der Waals surface area contributed by atoms with Crippen molar-refractivity contribution in [3.8, 4) is 0 Å². The second kappa shape index (κ2) is 7.05. The van der Waals surface area contributed by atoms with Gasteiger partial charge in [-0.05, 0) is 37.8 Å². The second-order valence-electron chi connectivity index (χ2n) is 6.38. The molecule has 0 radical (unpaired) electrons. The molecule has 0 aromatic heterocycles. The van der Waals surface area contributed by atoms with Crippen molar-refractivity contribution in [3.63, 3.8) is 0 Å². The van der Waals surface area contributed by atoms with Gasteiger partial charge in [0.15, 0.2) is 0 Å². The Kier molecular flexibility index (Phi) is 5.37. The Balaban J connectivity index is 1.81. The van der Waals surface area contributed by atoms with E-state index < -0.39 is 5.60 Å². The highest BCUT2D eigenvalue weighted by Crippen LogP contribution is 2.31. The monoisotopic (exact) mass is 290 g/mol. The number of anilines is 1. The Bertz CT molecular complexity index is 463. The summed E-state index contributed by atoms with van der Waals surface area (Å²) in [7, 11) is 0. The van der Waals surface area contributed by atoms with Gasteiger partial charge < -0.3 is 15.7 Å². The van der Waals surface area contributed by atoms with E-state index in [-0.39, 0.29) is 11.9 Å². The van der Waals surface area contributed by atoms with E-state index in [1.807, 2.05) is 37.3 Å². The van der Waals surface area contributed by atoms with Crippen LogP contribution in [0.15, 0.2) is 30.3 Å². The van der Waals surface area contributed by atoms with Crippen molar-refractivity contribution in [2.45, 2.75) is 51.2 Å². The number of aliphatic hydroxyl groups is 1. The van der Waals surface area contributed by atoms with Gasteiger partial charge in [-0.3, -0.25) is 4.79 Å². The van der Waals surface area contributed by atoms with E-state index in [4.69, 9.17) is 0 Å². The molecule has 1 aliphatic carbocycles. The molecular weight excluding hydrogens is 264 g/mol. The Labute approximate surface area is 126 Å². The first-order valence-corrected chi connectivity index (χ1v) is 7.80. The molecule has 1 aliphatic rings. The van der Waals surface area contributed by atoms with Crippen molar-refractivity contribution < 1.29 is 9.90 Å². The average Bonchev–Trinajstić information content (AvgIpc) is 2.45. The van der Waals surface area contributed by atoms with E-state index in [0.717, 1.165) is 24.9 Å². The van der Waals surface area contributed by atoms with Crippen LogP contribution in [0.5, 0.6) is 0 Å². The molecule has 1 fully saturated rings. The number of para-hydroxylation sites is 1. The van der Waals surface area contributed by atoms with Gasteiger partial charge in [-0.15, -0.1) is 0 Å². The van der Waals surface area contributed by atoms with Crippen molar-refractivity contribution in [1.29, 1.82) is 0 Å². The van der Waals surface area contributed by atoms with E-state index in [2.05, 4.69) is 17.6 Å². The van der Waals surface area contributed by atoms with E-state index >= 15 is 0 Å². The Morgan fingerprint density at radius 3 is 2.81 bits per heavy atom. The molecule has 0 saturated heterocycles. The summed E-state index contributed by atoms with van der Waals surface area (Å²) in [5.74, 6) is 0.479. The highest BCUT2D eigenvalue weighted by Gasteiger charge is 2.33. The first-order valence-electron chi connectivity index (χ1n) is 7.80. The van der Waals surface area contributed by atoms with Crippen LogP contribution in [0.4, 0.5) is 5.69 Å². The molecule has 1 aromatic carbocycles. The number of rotatable bonds is 5. The van der Waals surface area contributed by atoms with E-state index in [1.54, 1.807) is 0 Å². The van der Waals surface area contributed by atoms with Crippen molar-refractivity contribution in [1.82, 2.24) is 5.32 Å². The summed E-state index contributed by atoms with van der Waals surface area (Å²) >= 11 is 0. The van der Waals surface area contributed by atoms with E-state index in [9.17, 15) is 9.90 Å². The van der Waals surface area contributed by atoms with Gasteiger partial charge in [0.2, 0.25) is 5.91 Å². The maximum Gasteiger partial charge on any atom is 0.241 e. The number of hydrogen-bond acceptors (Lipinski definition) is 3. The van der Waals surface area contributed by atoms with Gasteiger partial charge in [0, 0.05) is 12.2 Å². The van der Waals surface area contributed by atoms with Gasteiger partial charge in [0.25, 0.3) is 0 Å². The van der Waals surface area contributed by atoms with Crippen LogP contribution in [-0.2, 0) is 4.79 Å². The van der Waals surface area contributed by atoms with E-state index in [0.29, 0.717) is 12.5 Å². The molecule has 0 aliphatic heterocycles. The van der Waals surface area contributed by atoms with Crippen molar-refractivity contribution >= 4 is 11.6 Å². The normalized spacial score (nSPS) is 27.1. The molecule has 4 nitrogen and oxygen atoms in total. The number of benzene rings is 1. The summed E-state index contributed by atoms with van der Waals surface area (Å²) in [6.45, 7) is 4.48. The fraction of sp³-hybridized carbons (Fsp3) is 0.588. The molecule has 0 bridgehead atoms. The fourth-order valence-corrected chi connectivity index (χ4v) is 3.00. The smallest absolute Gasteiger partial charge is 0.241 e. The molecule has 21 heavy (non-hydrogen) atoms. The molecule has 1 aromatic rings. The fourth-order valence-electron chi connectivity index (χ4n) is 3.00. The van der Waals surface area contributed by atoms with Crippen molar-refractivity contribution in [2.24, 2.45) is 5.92 Å². The van der Waals surface area contributed by atoms with Crippen LogP contribution in [0.25, 0.3) is 0 Å². The first-order chi connectivity index (χ1) is 9.98. The zero-order valence-electron chi connectivity index (χ0n) is 12.9. The highest BCUT2D eigenvalue weighted by atomic mass is 16.3. The van der Waals surface area contributed by atoms with Crippen LogP contribution in [0.3, 0.4) is 0 Å². The lowest BCUT2D eigenvalue weighted by atomic mass is 9.79. The highest BCUT2D eigenvalue weighted by molar-refractivity contribution is 5.94. The van der Waals surface area contributed by atoms with Crippen LogP contribution in [-0.4, -0.2) is 29.2 Å². The third-order valence-corrected chi connectivity index (χ3v) is 4.24. The summed E-state index contributed by atoms with van der Waals surface area (Å²) in [5.41, 5.74) is 0.125. The average molecular weight is 290 g/mol. The minimum absolute atomic E-state index is 0.0753. The standard InChI is InChI=1S/C17H26N2O2/c1-13-7-6-10-17(21,11-13)12-18-14(2)16(20)19-15-8-4-3-5-9-15/h3-5,8-9,13-14,18,21H,6-7,10-12H2,1-2H3,(H,19,20). The van der Waals surface area contributed by atoms with Crippen LogP contribution in [0, 0.1) is 5.92 Å². The van der Waals surface area contributed by atoms with Gasteiger partial charge in [0.1, 0.15) is 0 Å². The lowest BCUT2D eigenvalue weighted by Crippen LogP contribution is -2.49. The number of amides is 1. The topological polar surface area (TPSA) is 61.4 Å². The number of carbonyl (C=O) groups is 1. The van der Waals surface area contributed by atoms with Crippen LogP contribution < -0.4 is 10.6 Å². The second-order valence-corrected chi connectivity index (χ2v) is 6.38. The molecule has 1 saturated carbocycles. The Morgan fingerprint density at radius 2 is 2.14 bits per heavy atom. The molecule has 0 spiro atoms. The zero-order valence-corrected chi connectivity index (χ0v) is 12.9. The molecule has 3 unspecified atom stereocenters. The summed E-state index contributed by atoms with van der Waals surface area (Å²) in [6, 6.07) is 9.09. The number of nitrogens with one attached hydrogen (secondary N) is 2. The molecule has 3 atom stereocenters. The summed E-state index contributed by atoms with van der Waals surface area (Å²) < 4.78 is 0. The summed E-state index contributed by atoms with van der Waals surface area (Å²) in [6.07, 6.45) is 3.88. The molecule has 1 amide bonds. The SMILES string of the molecule is CC1CCCC(O)(CNC(C)C(=O)Nc2ccccc2)C1. The molecule has 3 N–H and O–H groups in total. The molecule has 116 valence electrons. The lowest BCUT2D eigenvalue weighted by Gasteiger charge is -2.36. The third kappa shape index (κ3) is 4.83. The number of carbonyl (C=O) groups excluding carboxylic acids is 1. The molecule has 0 heterocycles. The maximum absolute atomic E-state index is 12.1. The zero-order chi connectivity index (χ0) is 15.3. The van der Waals surface area contributed by atoms with Crippen molar-refractivity contribution in [2.75, 3.05) is 11.9 Å². The number of hydrogen-bond donors (Lipinski definition) is 3. The predicted molar refractivity (Wildman–Crippen MR) is 85.1 cm³/mol. The van der Waals surface area contributed by atoms with Crippen LogP contribution in [0.2, 0.25) is 0 Å². The van der Waals surface area contributed by atoms with Gasteiger partial charge in [-0.2, -0.15) is 0 Å². The van der Waals surface area contributed by atoms with Crippen LogP contribution in [0.1, 0.15) is 39.5 Å². The Hall–Kier alpha value is -1.39. The lowest BCUT2D eigenvalue weighted by molar-refractivity contribution is -0.118. The maximum atomic E-state index is 12.1. The summed E-state index contributed by atoms with van der Waals surface area (Å²) in [4.78, 5) is 12.1. The van der Waals surface area contributed by atoms with Gasteiger partial charge in [-0.25, -0.2) is 0 Å². The summed E-state index contributed by atoms with van der Waals surface area (Å²) in [5, 5.41) is 16.6. The first kappa shape index (κ1) is 16.0. The quantitative estimate of drug-likeness (QED) is 0.781. The predicted octanol–water partition coefficient (Wildman–Crippen LogP) is 2.54. The minimum Gasteiger partial charge on any atom is -0.389 e. The van der Waals surface area contributed by atoms with Gasteiger partial charge >= 0.3 is 0 Å². The largest absolute Gasteiger partial charge is 0.389 e. The molecule has 2 rings (SSSR count).